The van der Waals surface area contributed by atoms with Gasteiger partial charge in [0.25, 0.3) is 5.56 Å². The summed E-state index contributed by atoms with van der Waals surface area (Å²) in [5.74, 6) is 0.263. The summed E-state index contributed by atoms with van der Waals surface area (Å²) in [6, 6.07) is 9.60. The second-order valence-corrected chi connectivity index (χ2v) is 13.0. The van der Waals surface area contributed by atoms with E-state index >= 15 is 0 Å². The van der Waals surface area contributed by atoms with E-state index in [1.54, 1.807) is 26.0 Å². The second kappa shape index (κ2) is 17.6. The number of H-pyrrole nitrogens is 1. The van der Waals surface area contributed by atoms with E-state index in [2.05, 4.69) is 35.8 Å². The van der Waals surface area contributed by atoms with E-state index in [1.165, 1.54) is 16.8 Å². The van der Waals surface area contributed by atoms with Gasteiger partial charge < -0.3 is 18.5 Å². The first-order valence-electron chi connectivity index (χ1n) is 13.1. The summed E-state index contributed by atoms with van der Waals surface area (Å²) in [5.41, 5.74) is -1.01. The van der Waals surface area contributed by atoms with Crippen LogP contribution in [-0.4, -0.2) is 40.4 Å². The van der Waals surface area contributed by atoms with Gasteiger partial charge in [-0.3, -0.25) is 19.1 Å². The van der Waals surface area contributed by atoms with Crippen molar-refractivity contribution in [1.29, 1.82) is 0 Å². The predicted molar refractivity (Wildman–Crippen MR) is 164 cm³/mol. The average Bonchev–Trinajstić information content (AvgIpc) is 3.29. The zero-order valence-electron chi connectivity index (χ0n) is 24.1. The summed E-state index contributed by atoms with van der Waals surface area (Å²) >= 11 is 5.87. The normalized spacial score (nSPS) is 20.0. The number of hydrogen-bond donors (Lipinski definition) is 2. The molecule has 1 aromatic heterocycles. The largest absolute Gasteiger partial charge is 0.462 e. The molecule has 1 fully saturated rings. The molecular formula is C29H40N3O7PS. The third kappa shape index (κ3) is 11.7. The molecule has 0 aliphatic carbocycles. The molecule has 1 aromatic carbocycles. The lowest BCUT2D eigenvalue weighted by Gasteiger charge is -2.29. The zero-order chi connectivity index (χ0) is 31.2. The Morgan fingerprint density at radius 2 is 1.78 bits per heavy atom. The fourth-order valence-electron chi connectivity index (χ4n) is 4.06. The summed E-state index contributed by atoms with van der Waals surface area (Å²) in [5, 5.41) is 3.17. The number of rotatable bonds is 12. The highest BCUT2D eigenvalue weighted by Crippen LogP contribution is 2.47. The van der Waals surface area contributed by atoms with Crippen molar-refractivity contribution in [3.8, 4) is 31.4 Å². The van der Waals surface area contributed by atoms with Gasteiger partial charge in [0.1, 0.15) is 18.0 Å². The number of aromatic amines is 1. The molecule has 5 atom stereocenters. The first-order valence-corrected chi connectivity index (χ1v) is 15.7. The van der Waals surface area contributed by atoms with Crippen molar-refractivity contribution in [2.24, 2.45) is 11.8 Å². The van der Waals surface area contributed by atoms with Gasteiger partial charge in [0.15, 0.2) is 0 Å². The van der Waals surface area contributed by atoms with Gasteiger partial charge in [0.05, 0.1) is 18.8 Å². The number of esters is 1. The first kappa shape index (κ1) is 35.8. The minimum atomic E-state index is -3.24. The summed E-state index contributed by atoms with van der Waals surface area (Å²) in [7, 11) is 0. The summed E-state index contributed by atoms with van der Waals surface area (Å²) in [4.78, 5) is 38.8. The minimum absolute atomic E-state index is 0.0206. The lowest BCUT2D eigenvalue weighted by atomic mass is 10.0. The lowest BCUT2D eigenvalue weighted by Crippen LogP contribution is -2.40. The number of carbonyl (C=O) groups is 1. The lowest BCUT2D eigenvalue weighted by molar-refractivity contribution is -0.150. The van der Waals surface area contributed by atoms with Crippen LogP contribution >= 0.6 is 6.64 Å². The Morgan fingerprint density at radius 1 is 1.15 bits per heavy atom. The van der Waals surface area contributed by atoms with Gasteiger partial charge in [-0.05, 0) is 56.5 Å². The third-order valence-electron chi connectivity index (χ3n) is 5.64. The van der Waals surface area contributed by atoms with Gasteiger partial charge in [-0.1, -0.05) is 39.0 Å². The Kier molecular flexibility index (Phi) is 15.4. The maximum atomic E-state index is 12.9. The molecule has 0 radical (unpaired) electrons. The average molecular weight is 606 g/mol. The summed E-state index contributed by atoms with van der Waals surface area (Å²) in [6.07, 6.45) is 17.3. The number of aromatic nitrogens is 2. The Morgan fingerprint density at radius 3 is 2.34 bits per heavy atom. The van der Waals surface area contributed by atoms with E-state index in [0.717, 1.165) is 0 Å². The van der Waals surface area contributed by atoms with Crippen molar-refractivity contribution in [1.82, 2.24) is 14.6 Å². The fraction of sp³-hybridized carbons (Fsp3) is 0.483. The van der Waals surface area contributed by atoms with E-state index in [4.69, 9.17) is 30.3 Å². The number of carbonyl (C=O) groups excluding carboxylic acids is 1. The van der Waals surface area contributed by atoms with Gasteiger partial charge in [-0.25, -0.2) is 9.88 Å². The second-order valence-electron chi connectivity index (χ2n) is 9.87. The highest BCUT2D eigenvalue weighted by molar-refractivity contribution is 8.09. The van der Waals surface area contributed by atoms with Crippen LogP contribution in [0.25, 0.3) is 0 Å². The molecule has 2 unspecified atom stereocenters. The number of hydrogen-bond acceptors (Lipinski definition) is 8. The van der Waals surface area contributed by atoms with E-state index in [0.29, 0.717) is 18.6 Å². The smallest absolute Gasteiger partial charge is 0.330 e. The SMILES string of the molecule is C#C.C#C.CC(C)CC(NP(=S)(OC[C@@H]1C[C@H](C)[C@H](n2ccc(=O)[nH]c2=O)O1)Oc1ccccc1)C(=O)OC(C)C. The van der Waals surface area contributed by atoms with Crippen molar-refractivity contribution in [2.45, 2.75) is 71.9 Å². The molecule has 41 heavy (non-hydrogen) atoms. The summed E-state index contributed by atoms with van der Waals surface area (Å²) in [6.45, 7) is 6.39. The van der Waals surface area contributed by atoms with Gasteiger partial charge in [0.2, 0.25) is 0 Å². The topological polar surface area (TPSA) is 121 Å². The van der Waals surface area contributed by atoms with Crippen LogP contribution in [-0.2, 0) is 30.6 Å². The molecule has 12 heteroatoms. The maximum absolute atomic E-state index is 12.9. The number of benzene rings is 1. The van der Waals surface area contributed by atoms with Crippen molar-refractivity contribution in [3.63, 3.8) is 0 Å². The highest BCUT2D eigenvalue weighted by Gasteiger charge is 2.37. The Labute approximate surface area is 247 Å². The highest BCUT2D eigenvalue weighted by atomic mass is 32.5. The number of para-hydroxylation sites is 1. The van der Waals surface area contributed by atoms with Crippen LogP contribution in [0, 0.1) is 37.5 Å². The fourth-order valence-corrected chi connectivity index (χ4v) is 6.42. The number of ether oxygens (including phenoxy) is 2. The zero-order valence-corrected chi connectivity index (χ0v) is 25.8. The van der Waals surface area contributed by atoms with E-state index in [9.17, 15) is 14.4 Å². The molecule has 2 heterocycles. The Balaban J connectivity index is 0.00000201. The molecule has 0 spiro atoms. The van der Waals surface area contributed by atoms with Gasteiger partial charge in [0, 0.05) is 18.2 Å². The summed E-state index contributed by atoms with van der Waals surface area (Å²) < 4.78 is 25.2. The molecule has 0 saturated carbocycles. The molecule has 0 amide bonds. The van der Waals surface area contributed by atoms with Crippen molar-refractivity contribution in [2.75, 3.05) is 6.61 Å². The monoisotopic (exact) mass is 605 g/mol. The van der Waals surface area contributed by atoms with Gasteiger partial charge >= 0.3 is 18.3 Å². The van der Waals surface area contributed by atoms with E-state index < -0.39 is 36.1 Å². The van der Waals surface area contributed by atoms with Crippen LogP contribution < -0.4 is 20.9 Å². The van der Waals surface area contributed by atoms with Crippen LogP contribution in [0.1, 0.15) is 53.7 Å². The molecule has 224 valence electrons. The molecule has 2 N–H and O–H groups in total. The predicted octanol–water partition coefficient (Wildman–Crippen LogP) is 4.24. The van der Waals surface area contributed by atoms with Crippen LogP contribution in [0.15, 0.2) is 52.2 Å². The first-order chi connectivity index (χ1) is 19.5. The third-order valence-corrected chi connectivity index (χ3v) is 8.06. The molecule has 0 bridgehead atoms. The van der Waals surface area contributed by atoms with Crippen LogP contribution in [0.5, 0.6) is 5.75 Å². The van der Waals surface area contributed by atoms with Crippen molar-refractivity contribution < 1.29 is 23.3 Å². The van der Waals surface area contributed by atoms with Crippen LogP contribution in [0.4, 0.5) is 0 Å². The molecule has 3 rings (SSSR count). The van der Waals surface area contributed by atoms with Crippen molar-refractivity contribution >= 4 is 24.4 Å². The maximum Gasteiger partial charge on any atom is 0.330 e. The van der Waals surface area contributed by atoms with E-state index in [1.807, 2.05) is 39.0 Å². The standard InChI is InChI=1S/C25H36N3O7PS.2C2H2/c1-16(2)13-21(24(30)33-17(3)4)27-36(37,35-19-9-7-6-8-10-19)32-15-20-14-18(5)23(34-20)28-12-11-22(29)26-25(28)31;2*1-2/h6-12,16-18,20-21,23H,13-15H2,1-5H3,(H,27,37)(H,26,29,31);2*1-2H/t18-,20-,21?,23+,36?;;/m0../s1. The van der Waals surface area contributed by atoms with E-state index in [-0.39, 0.29) is 30.7 Å². The van der Waals surface area contributed by atoms with Crippen LogP contribution in [0.2, 0.25) is 0 Å². The Hall–Kier alpha value is -3.18. The quantitative estimate of drug-likeness (QED) is 0.208. The molecule has 1 saturated heterocycles. The van der Waals surface area contributed by atoms with Crippen molar-refractivity contribution in [3.05, 3.63) is 63.4 Å². The molecule has 1 aliphatic rings. The molecule has 10 nitrogen and oxygen atoms in total. The molecular weight excluding hydrogens is 565 g/mol. The number of nitrogens with zero attached hydrogens (tertiary/aromatic N) is 1. The number of nitrogens with one attached hydrogen (secondary N) is 2. The Bertz CT molecular complexity index is 1280. The molecule has 1 aliphatic heterocycles. The van der Waals surface area contributed by atoms with Crippen LogP contribution in [0.3, 0.4) is 0 Å². The number of terminal acetylenes is 2. The van der Waals surface area contributed by atoms with Gasteiger partial charge in [-0.15, -0.1) is 25.7 Å². The minimum Gasteiger partial charge on any atom is -0.462 e. The molecule has 2 aromatic rings. The van der Waals surface area contributed by atoms with Gasteiger partial charge in [-0.2, -0.15) is 0 Å².